The highest BCUT2D eigenvalue weighted by Gasteiger charge is 2.24. The quantitative estimate of drug-likeness (QED) is 0.789. The molecule has 3 nitrogen and oxygen atoms in total. The van der Waals surface area contributed by atoms with Crippen LogP contribution in [0.2, 0.25) is 0 Å². The lowest BCUT2D eigenvalue weighted by atomic mass is 10.1. The Bertz CT molecular complexity index is 236. The van der Waals surface area contributed by atoms with Gasteiger partial charge in [-0.3, -0.25) is 4.79 Å². The molecule has 0 radical (unpaired) electrons. The fraction of sp³-hybridized carbons (Fsp3) is 0.923. The van der Waals surface area contributed by atoms with Crippen LogP contribution in [0.25, 0.3) is 0 Å². The van der Waals surface area contributed by atoms with E-state index in [0.29, 0.717) is 18.5 Å². The van der Waals surface area contributed by atoms with Crippen LogP contribution in [0.3, 0.4) is 0 Å². The van der Waals surface area contributed by atoms with E-state index in [1.165, 1.54) is 38.5 Å². The Morgan fingerprint density at radius 1 is 1.31 bits per heavy atom. The van der Waals surface area contributed by atoms with Crippen molar-refractivity contribution >= 4 is 5.91 Å². The van der Waals surface area contributed by atoms with Gasteiger partial charge in [-0.2, -0.15) is 0 Å². The van der Waals surface area contributed by atoms with Gasteiger partial charge in [-0.25, -0.2) is 0 Å². The molecule has 0 spiro atoms. The molecule has 2 aliphatic rings. The number of carbonyl (C=O) groups excluding carboxylic acids is 1. The third kappa shape index (κ3) is 2.97. The second-order valence-corrected chi connectivity index (χ2v) is 5.25. The Kier molecular flexibility index (Phi) is 4.22. The molecule has 1 saturated heterocycles. The normalized spacial score (nSPS) is 29.9. The predicted octanol–water partition coefficient (Wildman–Crippen LogP) is 1.78. The van der Waals surface area contributed by atoms with Crippen LogP contribution in [0, 0.1) is 5.92 Å². The molecule has 92 valence electrons. The molecule has 0 aromatic heterocycles. The van der Waals surface area contributed by atoms with Crippen molar-refractivity contribution in [2.45, 2.75) is 51.5 Å². The Morgan fingerprint density at radius 3 is 2.69 bits per heavy atom. The monoisotopic (exact) mass is 224 g/mol. The van der Waals surface area contributed by atoms with E-state index in [1.807, 2.05) is 4.90 Å². The zero-order chi connectivity index (χ0) is 11.4. The molecule has 2 unspecified atom stereocenters. The average Bonchev–Trinajstić information content (AvgIpc) is 2.96. The highest BCUT2D eigenvalue weighted by Crippen LogP contribution is 2.27. The average molecular weight is 224 g/mol. The molecule has 1 aliphatic heterocycles. The van der Waals surface area contributed by atoms with Crippen molar-refractivity contribution in [1.29, 1.82) is 0 Å². The zero-order valence-electron chi connectivity index (χ0n) is 10.4. The summed E-state index contributed by atoms with van der Waals surface area (Å²) in [7, 11) is 0. The van der Waals surface area contributed by atoms with Gasteiger partial charge in [0.2, 0.25) is 5.91 Å². The summed E-state index contributed by atoms with van der Waals surface area (Å²) < 4.78 is 0. The van der Waals surface area contributed by atoms with Gasteiger partial charge in [0.15, 0.2) is 0 Å². The van der Waals surface area contributed by atoms with Crippen molar-refractivity contribution in [3.05, 3.63) is 0 Å². The van der Waals surface area contributed by atoms with Crippen LogP contribution in [0.1, 0.15) is 45.4 Å². The Balaban J connectivity index is 1.65. The van der Waals surface area contributed by atoms with Gasteiger partial charge >= 0.3 is 0 Å². The maximum Gasteiger partial charge on any atom is 0.236 e. The van der Waals surface area contributed by atoms with Gasteiger partial charge in [-0.05, 0) is 38.0 Å². The first-order valence-electron chi connectivity index (χ1n) is 6.80. The van der Waals surface area contributed by atoms with Gasteiger partial charge in [0.1, 0.15) is 0 Å². The van der Waals surface area contributed by atoms with E-state index < -0.39 is 0 Å². The lowest BCUT2D eigenvalue weighted by molar-refractivity contribution is -0.129. The van der Waals surface area contributed by atoms with Crippen molar-refractivity contribution in [2.75, 3.05) is 19.6 Å². The first kappa shape index (κ1) is 11.9. The summed E-state index contributed by atoms with van der Waals surface area (Å²) in [5.41, 5.74) is 0. The highest BCUT2D eigenvalue weighted by atomic mass is 16.2. The summed E-state index contributed by atoms with van der Waals surface area (Å²) in [6.45, 7) is 4.77. The fourth-order valence-electron chi connectivity index (χ4n) is 2.94. The van der Waals surface area contributed by atoms with Gasteiger partial charge in [0, 0.05) is 19.1 Å². The molecule has 1 amide bonds. The predicted molar refractivity (Wildman–Crippen MR) is 65.2 cm³/mol. The summed E-state index contributed by atoms with van der Waals surface area (Å²) >= 11 is 0. The molecule has 16 heavy (non-hydrogen) atoms. The number of hydrogen-bond acceptors (Lipinski definition) is 2. The first-order valence-corrected chi connectivity index (χ1v) is 6.80. The third-order valence-corrected chi connectivity index (χ3v) is 4.12. The van der Waals surface area contributed by atoms with E-state index in [9.17, 15) is 4.79 Å². The van der Waals surface area contributed by atoms with Crippen LogP contribution in [-0.2, 0) is 4.79 Å². The van der Waals surface area contributed by atoms with E-state index in [1.54, 1.807) is 0 Å². The molecule has 1 aliphatic carbocycles. The largest absolute Gasteiger partial charge is 0.342 e. The summed E-state index contributed by atoms with van der Waals surface area (Å²) in [5.74, 6) is 1.19. The van der Waals surface area contributed by atoms with Crippen molar-refractivity contribution in [2.24, 2.45) is 5.92 Å². The molecule has 2 atom stereocenters. The molecule has 2 rings (SSSR count). The lowest BCUT2D eigenvalue weighted by Gasteiger charge is -2.18. The van der Waals surface area contributed by atoms with Crippen LogP contribution >= 0.6 is 0 Å². The van der Waals surface area contributed by atoms with Gasteiger partial charge in [-0.15, -0.1) is 0 Å². The molecule has 0 bridgehead atoms. The highest BCUT2D eigenvalue weighted by molar-refractivity contribution is 5.78. The molecule has 1 heterocycles. The van der Waals surface area contributed by atoms with Gasteiger partial charge in [-0.1, -0.05) is 13.3 Å². The van der Waals surface area contributed by atoms with Crippen molar-refractivity contribution in [3.63, 3.8) is 0 Å². The number of nitrogens with one attached hydrogen (secondary N) is 1. The number of likely N-dealkylation sites (tertiary alicyclic amines) is 1. The van der Waals surface area contributed by atoms with Gasteiger partial charge in [0.05, 0.1) is 6.54 Å². The molecule has 2 fully saturated rings. The standard InChI is InChI=1S/C13H24N2O/c1-2-11-5-6-12(9-11)14-10-13(16)15-7-3-4-8-15/h11-12,14H,2-10H2,1H3. The van der Waals surface area contributed by atoms with Crippen LogP contribution in [-0.4, -0.2) is 36.5 Å². The van der Waals surface area contributed by atoms with E-state index in [-0.39, 0.29) is 0 Å². The van der Waals surface area contributed by atoms with Gasteiger partial charge < -0.3 is 10.2 Å². The Hall–Kier alpha value is -0.570. The first-order chi connectivity index (χ1) is 7.79. The second-order valence-electron chi connectivity index (χ2n) is 5.25. The maximum atomic E-state index is 11.8. The van der Waals surface area contributed by atoms with Crippen LogP contribution in [0.5, 0.6) is 0 Å². The minimum Gasteiger partial charge on any atom is -0.342 e. The molecule has 3 heteroatoms. The maximum absolute atomic E-state index is 11.8. The SMILES string of the molecule is CCC1CCC(NCC(=O)N2CCCC2)C1. The van der Waals surface area contributed by atoms with Crippen LogP contribution in [0.4, 0.5) is 0 Å². The Labute approximate surface area is 98.6 Å². The van der Waals surface area contributed by atoms with E-state index in [2.05, 4.69) is 12.2 Å². The summed E-state index contributed by atoms with van der Waals surface area (Å²) in [5, 5.41) is 3.43. The van der Waals surface area contributed by atoms with Crippen molar-refractivity contribution < 1.29 is 4.79 Å². The smallest absolute Gasteiger partial charge is 0.236 e. The van der Waals surface area contributed by atoms with E-state index in [4.69, 9.17) is 0 Å². The minimum atomic E-state index is 0.303. The van der Waals surface area contributed by atoms with E-state index in [0.717, 1.165) is 19.0 Å². The fourth-order valence-corrected chi connectivity index (χ4v) is 2.94. The summed E-state index contributed by atoms with van der Waals surface area (Å²) in [4.78, 5) is 13.8. The molecule has 0 aromatic rings. The van der Waals surface area contributed by atoms with Crippen LogP contribution < -0.4 is 5.32 Å². The Morgan fingerprint density at radius 2 is 2.06 bits per heavy atom. The molecule has 0 aromatic carbocycles. The van der Waals surface area contributed by atoms with Crippen molar-refractivity contribution in [1.82, 2.24) is 10.2 Å². The lowest BCUT2D eigenvalue weighted by Crippen LogP contribution is -2.39. The third-order valence-electron chi connectivity index (χ3n) is 4.12. The molecular weight excluding hydrogens is 200 g/mol. The number of hydrogen-bond donors (Lipinski definition) is 1. The van der Waals surface area contributed by atoms with Gasteiger partial charge in [0.25, 0.3) is 0 Å². The molecule has 1 saturated carbocycles. The topological polar surface area (TPSA) is 32.3 Å². The molecular formula is C13H24N2O. The number of nitrogens with zero attached hydrogens (tertiary/aromatic N) is 1. The van der Waals surface area contributed by atoms with Crippen LogP contribution in [0.15, 0.2) is 0 Å². The number of rotatable bonds is 4. The summed E-state index contributed by atoms with van der Waals surface area (Å²) in [6, 6.07) is 0.594. The number of amides is 1. The second kappa shape index (κ2) is 5.67. The minimum absolute atomic E-state index is 0.303. The number of carbonyl (C=O) groups is 1. The van der Waals surface area contributed by atoms with E-state index >= 15 is 0 Å². The van der Waals surface area contributed by atoms with Crippen molar-refractivity contribution in [3.8, 4) is 0 Å². The summed E-state index contributed by atoms with van der Waals surface area (Å²) in [6.07, 6.45) is 7.53. The zero-order valence-corrected chi connectivity index (χ0v) is 10.4. The molecule has 1 N–H and O–H groups in total.